The molecule has 1 saturated heterocycles. The van der Waals surface area contributed by atoms with E-state index in [1.807, 2.05) is 17.0 Å². The number of carbonyl (C=O) groups is 1. The molecular formula is C11H15N3O2. The zero-order chi connectivity index (χ0) is 11.6. The van der Waals surface area contributed by atoms with Crippen molar-refractivity contribution < 1.29 is 9.90 Å². The fraction of sp³-hybridized carbons (Fsp3) is 0.455. The Morgan fingerprint density at radius 3 is 3.06 bits per heavy atom. The minimum atomic E-state index is -1.08. The van der Waals surface area contributed by atoms with Gasteiger partial charge in [0.25, 0.3) is 0 Å². The van der Waals surface area contributed by atoms with Crippen LogP contribution in [0.25, 0.3) is 0 Å². The molecule has 0 amide bonds. The first-order chi connectivity index (χ1) is 7.60. The van der Waals surface area contributed by atoms with Crippen LogP contribution in [-0.2, 0) is 11.3 Å². The predicted octanol–water partition coefficient (Wildman–Crippen LogP) is 0.0694. The van der Waals surface area contributed by atoms with Crippen molar-refractivity contribution in [3.05, 3.63) is 30.1 Å². The monoisotopic (exact) mass is 221 g/mol. The molecule has 2 rings (SSSR count). The molecule has 5 heteroatoms. The molecule has 1 aliphatic rings. The van der Waals surface area contributed by atoms with Crippen molar-refractivity contribution in [3.8, 4) is 0 Å². The molecule has 86 valence electrons. The van der Waals surface area contributed by atoms with Crippen LogP contribution in [0.1, 0.15) is 12.0 Å². The summed E-state index contributed by atoms with van der Waals surface area (Å²) in [6.45, 7) is 1.83. The quantitative estimate of drug-likeness (QED) is 0.755. The first kappa shape index (κ1) is 11.0. The molecule has 1 fully saturated rings. The molecule has 3 N–H and O–H groups in total. The van der Waals surface area contributed by atoms with Gasteiger partial charge in [-0.05, 0) is 18.1 Å². The van der Waals surface area contributed by atoms with E-state index >= 15 is 0 Å². The number of carboxylic acids is 1. The van der Waals surface area contributed by atoms with Crippen molar-refractivity contribution in [2.24, 2.45) is 5.73 Å². The van der Waals surface area contributed by atoms with E-state index in [1.54, 1.807) is 12.4 Å². The van der Waals surface area contributed by atoms with Crippen LogP contribution in [0.15, 0.2) is 24.5 Å². The highest BCUT2D eigenvalue weighted by molar-refractivity contribution is 5.79. The first-order valence-corrected chi connectivity index (χ1v) is 5.24. The molecule has 5 nitrogen and oxygen atoms in total. The minimum Gasteiger partial charge on any atom is -0.480 e. The largest absolute Gasteiger partial charge is 0.480 e. The summed E-state index contributed by atoms with van der Waals surface area (Å²) in [6.07, 6.45) is 4.01. The normalized spacial score (nSPS) is 25.8. The van der Waals surface area contributed by atoms with Crippen molar-refractivity contribution in [3.63, 3.8) is 0 Å². The minimum absolute atomic E-state index is 0.400. The van der Waals surface area contributed by atoms with Crippen LogP contribution in [0.2, 0.25) is 0 Å². The van der Waals surface area contributed by atoms with Crippen LogP contribution in [-0.4, -0.2) is 39.6 Å². The lowest BCUT2D eigenvalue weighted by Gasteiger charge is -2.19. The second-order valence-corrected chi connectivity index (χ2v) is 4.28. The van der Waals surface area contributed by atoms with Crippen molar-refractivity contribution in [1.82, 2.24) is 9.88 Å². The van der Waals surface area contributed by atoms with E-state index < -0.39 is 11.5 Å². The zero-order valence-electron chi connectivity index (χ0n) is 8.97. The molecule has 1 aromatic heterocycles. The number of aromatic nitrogens is 1. The molecule has 0 radical (unpaired) electrons. The van der Waals surface area contributed by atoms with Gasteiger partial charge >= 0.3 is 5.97 Å². The van der Waals surface area contributed by atoms with E-state index in [-0.39, 0.29) is 0 Å². The smallest absolute Gasteiger partial charge is 0.325 e. The average molecular weight is 221 g/mol. The van der Waals surface area contributed by atoms with Gasteiger partial charge in [0, 0.05) is 32.0 Å². The van der Waals surface area contributed by atoms with Gasteiger partial charge in [0.15, 0.2) is 0 Å². The lowest BCUT2D eigenvalue weighted by molar-refractivity contribution is -0.142. The van der Waals surface area contributed by atoms with Crippen LogP contribution in [0.3, 0.4) is 0 Å². The fourth-order valence-corrected chi connectivity index (χ4v) is 1.97. The topological polar surface area (TPSA) is 79.5 Å². The number of hydrogen-bond donors (Lipinski definition) is 2. The predicted molar refractivity (Wildman–Crippen MR) is 58.7 cm³/mol. The number of carboxylic acid groups (broad SMARTS) is 1. The Morgan fingerprint density at radius 2 is 2.50 bits per heavy atom. The number of nitrogens with zero attached hydrogens (tertiary/aromatic N) is 2. The van der Waals surface area contributed by atoms with E-state index in [0.717, 1.165) is 12.1 Å². The van der Waals surface area contributed by atoms with Gasteiger partial charge in [-0.25, -0.2) is 0 Å². The van der Waals surface area contributed by atoms with Gasteiger partial charge < -0.3 is 10.8 Å². The van der Waals surface area contributed by atoms with Gasteiger partial charge in [-0.15, -0.1) is 0 Å². The Morgan fingerprint density at radius 1 is 1.69 bits per heavy atom. The second kappa shape index (κ2) is 4.19. The molecule has 0 aliphatic carbocycles. The number of likely N-dealkylation sites (tertiary alicyclic amines) is 1. The van der Waals surface area contributed by atoms with Crippen LogP contribution >= 0.6 is 0 Å². The van der Waals surface area contributed by atoms with Gasteiger partial charge in [-0.1, -0.05) is 6.07 Å². The van der Waals surface area contributed by atoms with Gasteiger partial charge in [0.2, 0.25) is 0 Å². The molecule has 0 spiro atoms. The molecule has 1 aliphatic heterocycles. The van der Waals surface area contributed by atoms with Crippen LogP contribution in [0.4, 0.5) is 0 Å². The van der Waals surface area contributed by atoms with Gasteiger partial charge in [0.05, 0.1) is 0 Å². The molecule has 0 bridgehead atoms. The van der Waals surface area contributed by atoms with Crippen molar-refractivity contribution in [2.45, 2.75) is 18.5 Å². The number of hydrogen-bond acceptors (Lipinski definition) is 4. The summed E-state index contributed by atoms with van der Waals surface area (Å²) in [5.41, 5.74) is 5.79. The van der Waals surface area contributed by atoms with Crippen molar-refractivity contribution in [2.75, 3.05) is 13.1 Å². The van der Waals surface area contributed by atoms with Crippen molar-refractivity contribution in [1.29, 1.82) is 0 Å². The molecular weight excluding hydrogens is 206 g/mol. The van der Waals surface area contributed by atoms with Crippen molar-refractivity contribution >= 4 is 5.97 Å². The van der Waals surface area contributed by atoms with E-state index in [9.17, 15) is 4.79 Å². The Balaban J connectivity index is 1.98. The van der Waals surface area contributed by atoms with E-state index in [2.05, 4.69) is 4.98 Å². The average Bonchev–Trinajstić information content (AvgIpc) is 2.63. The van der Waals surface area contributed by atoms with Crippen LogP contribution in [0, 0.1) is 0 Å². The van der Waals surface area contributed by atoms with E-state index in [1.165, 1.54) is 0 Å². The Labute approximate surface area is 93.9 Å². The lowest BCUT2D eigenvalue weighted by atomic mass is 10.0. The van der Waals surface area contributed by atoms with Crippen LogP contribution < -0.4 is 5.73 Å². The Bertz CT molecular complexity index is 382. The fourth-order valence-electron chi connectivity index (χ4n) is 1.97. The molecule has 16 heavy (non-hydrogen) atoms. The highest BCUT2D eigenvalue weighted by atomic mass is 16.4. The second-order valence-electron chi connectivity index (χ2n) is 4.28. The lowest BCUT2D eigenvalue weighted by Crippen LogP contribution is -2.50. The third kappa shape index (κ3) is 2.20. The van der Waals surface area contributed by atoms with Gasteiger partial charge in [-0.3, -0.25) is 14.7 Å². The Kier molecular flexibility index (Phi) is 2.89. The SMILES string of the molecule is NC1(C(=O)O)CCN(Cc2cccnc2)C1. The molecule has 2 heterocycles. The van der Waals surface area contributed by atoms with Gasteiger partial charge in [-0.2, -0.15) is 0 Å². The third-order valence-corrected chi connectivity index (χ3v) is 2.93. The van der Waals surface area contributed by atoms with E-state index in [0.29, 0.717) is 19.5 Å². The number of pyridine rings is 1. The maximum Gasteiger partial charge on any atom is 0.325 e. The number of nitrogens with two attached hydrogens (primary N) is 1. The summed E-state index contributed by atoms with van der Waals surface area (Å²) in [5, 5.41) is 8.99. The summed E-state index contributed by atoms with van der Waals surface area (Å²) in [6, 6.07) is 3.85. The van der Waals surface area contributed by atoms with E-state index in [4.69, 9.17) is 10.8 Å². The third-order valence-electron chi connectivity index (χ3n) is 2.93. The standard InChI is InChI=1S/C11H15N3O2/c12-11(10(15)16)3-5-14(8-11)7-9-2-1-4-13-6-9/h1-2,4,6H,3,5,7-8,12H2,(H,15,16). The highest BCUT2D eigenvalue weighted by Crippen LogP contribution is 2.20. The highest BCUT2D eigenvalue weighted by Gasteiger charge is 2.40. The molecule has 0 aromatic carbocycles. The molecule has 0 saturated carbocycles. The summed E-state index contributed by atoms with van der Waals surface area (Å²) < 4.78 is 0. The summed E-state index contributed by atoms with van der Waals surface area (Å²) in [7, 11) is 0. The zero-order valence-corrected chi connectivity index (χ0v) is 8.97. The Hall–Kier alpha value is -1.46. The maximum atomic E-state index is 11.0. The molecule has 1 aromatic rings. The van der Waals surface area contributed by atoms with Gasteiger partial charge in [0.1, 0.15) is 5.54 Å². The first-order valence-electron chi connectivity index (χ1n) is 5.24. The summed E-state index contributed by atoms with van der Waals surface area (Å²) in [4.78, 5) is 17.0. The summed E-state index contributed by atoms with van der Waals surface area (Å²) >= 11 is 0. The number of aliphatic carboxylic acids is 1. The summed E-state index contributed by atoms with van der Waals surface area (Å²) in [5.74, 6) is -0.916. The maximum absolute atomic E-state index is 11.0. The molecule has 1 atom stereocenters. The van der Waals surface area contributed by atoms with Crippen LogP contribution in [0.5, 0.6) is 0 Å². The number of rotatable bonds is 3. The molecule has 1 unspecified atom stereocenters.